The van der Waals surface area contributed by atoms with E-state index < -0.39 is 5.82 Å². The third-order valence-electron chi connectivity index (χ3n) is 2.32. The fourth-order valence-electron chi connectivity index (χ4n) is 1.24. The van der Waals surface area contributed by atoms with Crippen molar-refractivity contribution in [3.63, 3.8) is 0 Å². The van der Waals surface area contributed by atoms with Crippen LogP contribution in [0.5, 0.6) is 0 Å². The minimum atomic E-state index is -0.401. The second-order valence-corrected chi connectivity index (χ2v) is 4.62. The summed E-state index contributed by atoms with van der Waals surface area (Å²) in [5.74, 6) is -0.401. The van der Waals surface area contributed by atoms with E-state index in [1.165, 1.54) is 6.07 Å². The van der Waals surface area contributed by atoms with Crippen LogP contribution in [0.25, 0.3) is 0 Å². The van der Waals surface area contributed by atoms with Crippen LogP contribution < -0.4 is 11.5 Å². The SMILES string of the molecule is CC(C)(C)[C@@H](N)c1ccc(N)c(F)c1. The van der Waals surface area contributed by atoms with E-state index in [-0.39, 0.29) is 17.1 Å². The second-order valence-electron chi connectivity index (χ2n) is 4.62. The molecule has 0 fully saturated rings. The third-order valence-corrected chi connectivity index (χ3v) is 2.32. The van der Waals surface area contributed by atoms with E-state index in [0.29, 0.717) is 0 Å². The molecule has 0 aliphatic heterocycles. The summed E-state index contributed by atoms with van der Waals surface area (Å²) in [6.07, 6.45) is 0. The zero-order chi connectivity index (χ0) is 10.9. The first-order chi connectivity index (χ1) is 6.32. The highest BCUT2D eigenvalue weighted by Gasteiger charge is 2.22. The topological polar surface area (TPSA) is 52.0 Å². The molecule has 14 heavy (non-hydrogen) atoms. The minimum Gasteiger partial charge on any atom is -0.396 e. The zero-order valence-corrected chi connectivity index (χ0v) is 8.84. The lowest BCUT2D eigenvalue weighted by atomic mass is 9.83. The molecule has 0 amide bonds. The van der Waals surface area contributed by atoms with Crippen molar-refractivity contribution in [2.75, 3.05) is 5.73 Å². The maximum atomic E-state index is 13.1. The summed E-state index contributed by atoms with van der Waals surface area (Å²) in [5, 5.41) is 0. The predicted molar refractivity (Wildman–Crippen MR) is 57.2 cm³/mol. The summed E-state index contributed by atoms with van der Waals surface area (Å²) in [6.45, 7) is 6.06. The quantitative estimate of drug-likeness (QED) is 0.678. The van der Waals surface area contributed by atoms with Crippen molar-refractivity contribution in [3.8, 4) is 0 Å². The minimum absolute atomic E-state index is 0.0808. The molecule has 1 rings (SSSR count). The van der Waals surface area contributed by atoms with Crippen molar-refractivity contribution in [3.05, 3.63) is 29.6 Å². The van der Waals surface area contributed by atoms with Crippen LogP contribution in [0, 0.1) is 11.2 Å². The molecule has 0 saturated heterocycles. The van der Waals surface area contributed by atoms with Crippen LogP contribution >= 0.6 is 0 Å². The van der Waals surface area contributed by atoms with Gasteiger partial charge in [-0.05, 0) is 23.1 Å². The first-order valence-electron chi connectivity index (χ1n) is 4.63. The van der Waals surface area contributed by atoms with E-state index in [9.17, 15) is 4.39 Å². The largest absolute Gasteiger partial charge is 0.396 e. The number of rotatable bonds is 1. The monoisotopic (exact) mass is 196 g/mol. The van der Waals surface area contributed by atoms with Gasteiger partial charge in [0, 0.05) is 6.04 Å². The molecule has 0 spiro atoms. The molecule has 1 atom stereocenters. The molecule has 1 aromatic rings. The normalized spacial score (nSPS) is 14.1. The Kier molecular flexibility index (Phi) is 2.81. The number of halogens is 1. The molecule has 0 aromatic heterocycles. The summed E-state index contributed by atoms with van der Waals surface area (Å²) in [6, 6.07) is 4.55. The van der Waals surface area contributed by atoms with Gasteiger partial charge < -0.3 is 11.5 Å². The van der Waals surface area contributed by atoms with Gasteiger partial charge in [-0.2, -0.15) is 0 Å². The van der Waals surface area contributed by atoms with Crippen LogP contribution in [0.15, 0.2) is 18.2 Å². The summed E-state index contributed by atoms with van der Waals surface area (Å²) >= 11 is 0. The van der Waals surface area contributed by atoms with Crippen LogP contribution in [0.3, 0.4) is 0 Å². The number of hydrogen-bond donors (Lipinski definition) is 2. The lowest BCUT2D eigenvalue weighted by Crippen LogP contribution is -2.26. The van der Waals surface area contributed by atoms with Gasteiger partial charge in [0.15, 0.2) is 0 Å². The molecular formula is C11H17FN2. The highest BCUT2D eigenvalue weighted by molar-refractivity contribution is 5.42. The van der Waals surface area contributed by atoms with E-state index in [1.54, 1.807) is 12.1 Å². The van der Waals surface area contributed by atoms with E-state index in [1.807, 2.05) is 20.8 Å². The fraction of sp³-hybridized carbons (Fsp3) is 0.455. The Hall–Kier alpha value is -1.09. The molecule has 1 aromatic carbocycles. The Morgan fingerprint density at radius 3 is 2.29 bits per heavy atom. The van der Waals surface area contributed by atoms with Crippen molar-refractivity contribution in [1.29, 1.82) is 0 Å². The van der Waals surface area contributed by atoms with Crippen molar-refractivity contribution in [2.45, 2.75) is 26.8 Å². The number of hydrogen-bond acceptors (Lipinski definition) is 2. The van der Waals surface area contributed by atoms with Crippen molar-refractivity contribution in [1.82, 2.24) is 0 Å². The lowest BCUT2D eigenvalue weighted by molar-refractivity contribution is 0.326. The molecule has 0 aliphatic rings. The molecule has 0 aliphatic carbocycles. The molecular weight excluding hydrogens is 179 g/mol. The van der Waals surface area contributed by atoms with Crippen LogP contribution in [0.2, 0.25) is 0 Å². The number of anilines is 1. The molecule has 0 unspecified atom stereocenters. The molecule has 0 heterocycles. The van der Waals surface area contributed by atoms with Crippen molar-refractivity contribution >= 4 is 5.69 Å². The average Bonchev–Trinajstić information content (AvgIpc) is 2.07. The Morgan fingerprint density at radius 1 is 1.29 bits per heavy atom. The predicted octanol–water partition coefficient (Wildman–Crippen LogP) is 2.45. The van der Waals surface area contributed by atoms with Crippen LogP contribution in [-0.4, -0.2) is 0 Å². The molecule has 0 radical (unpaired) electrons. The highest BCUT2D eigenvalue weighted by Crippen LogP contribution is 2.31. The summed E-state index contributed by atoms with van der Waals surface area (Å²) in [4.78, 5) is 0. The highest BCUT2D eigenvalue weighted by atomic mass is 19.1. The third kappa shape index (κ3) is 2.23. The van der Waals surface area contributed by atoms with Crippen molar-refractivity contribution in [2.24, 2.45) is 11.1 Å². The molecule has 0 bridgehead atoms. The van der Waals surface area contributed by atoms with E-state index in [4.69, 9.17) is 11.5 Å². The van der Waals surface area contributed by atoms with Crippen LogP contribution in [0.1, 0.15) is 32.4 Å². The average molecular weight is 196 g/mol. The van der Waals surface area contributed by atoms with Crippen LogP contribution in [-0.2, 0) is 0 Å². The molecule has 0 saturated carbocycles. The van der Waals surface area contributed by atoms with Gasteiger partial charge in [0.1, 0.15) is 5.82 Å². The summed E-state index contributed by atoms with van der Waals surface area (Å²) in [7, 11) is 0. The zero-order valence-electron chi connectivity index (χ0n) is 8.84. The van der Waals surface area contributed by atoms with Gasteiger partial charge in [0.2, 0.25) is 0 Å². The van der Waals surface area contributed by atoms with Crippen molar-refractivity contribution < 1.29 is 4.39 Å². The van der Waals surface area contributed by atoms with E-state index in [0.717, 1.165) is 5.56 Å². The number of nitrogen functional groups attached to an aromatic ring is 1. The van der Waals surface area contributed by atoms with Crippen LogP contribution in [0.4, 0.5) is 10.1 Å². The van der Waals surface area contributed by atoms with Gasteiger partial charge in [-0.15, -0.1) is 0 Å². The summed E-state index contributed by atoms with van der Waals surface area (Å²) in [5.41, 5.74) is 12.2. The Labute approximate surface area is 84.1 Å². The van der Waals surface area contributed by atoms with E-state index in [2.05, 4.69) is 0 Å². The van der Waals surface area contributed by atoms with Gasteiger partial charge in [-0.25, -0.2) is 4.39 Å². The smallest absolute Gasteiger partial charge is 0.146 e. The first kappa shape index (κ1) is 11.0. The van der Waals surface area contributed by atoms with Gasteiger partial charge >= 0.3 is 0 Å². The lowest BCUT2D eigenvalue weighted by Gasteiger charge is -2.27. The molecule has 3 heteroatoms. The van der Waals surface area contributed by atoms with Gasteiger partial charge in [0.25, 0.3) is 0 Å². The second kappa shape index (κ2) is 3.58. The fourth-order valence-corrected chi connectivity index (χ4v) is 1.24. The summed E-state index contributed by atoms with van der Waals surface area (Å²) < 4.78 is 13.1. The number of benzene rings is 1. The van der Waals surface area contributed by atoms with Gasteiger partial charge in [-0.3, -0.25) is 0 Å². The molecule has 2 nitrogen and oxygen atoms in total. The molecule has 4 N–H and O–H groups in total. The Morgan fingerprint density at radius 2 is 1.86 bits per heavy atom. The standard InChI is InChI=1S/C11H17FN2/c1-11(2,3)10(14)7-4-5-9(13)8(12)6-7/h4-6,10H,13-14H2,1-3H3/t10-/m0/s1. The maximum Gasteiger partial charge on any atom is 0.146 e. The first-order valence-corrected chi connectivity index (χ1v) is 4.63. The molecule has 78 valence electrons. The van der Waals surface area contributed by atoms with Gasteiger partial charge in [-0.1, -0.05) is 26.8 Å². The van der Waals surface area contributed by atoms with E-state index >= 15 is 0 Å². The maximum absolute atomic E-state index is 13.1. The van der Waals surface area contributed by atoms with Gasteiger partial charge in [0.05, 0.1) is 5.69 Å². The Balaban J connectivity index is 3.03. The number of nitrogens with two attached hydrogens (primary N) is 2. The Bertz CT molecular complexity index is 329.